The van der Waals surface area contributed by atoms with Crippen molar-refractivity contribution in [2.24, 2.45) is 0 Å². The highest BCUT2D eigenvalue weighted by molar-refractivity contribution is 7.89. The van der Waals surface area contributed by atoms with Gasteiger partial charge in [0.05, 0.1) is 16.8 Å². The summed E-state index contributed by atoms with van der Waals surface area (Å²) in [7, 11) is -3.45. The quantitative estimate of drug-likeness (QED) is 0.618. The van der Waals surface area contributed by atoms with Crippen LogP contribution in [0.15, 0.2) is 78.0 Å². The number of hydrogen-bond acceptors (Lipinski definition) is 4. The van der Waals surface area contributed by atoms with E-state index in [0.29, 0.717) is 18.8 Å². The van der Waals surface area contributed by atoms with E-state index in [9.17, 15) is 13.2 Å². The first-order valence-corrected chi connectivity index (χ1v) is 11.2. The fourth-order valence-corrected chi connectivity index (χ4v) is 4.81. The largest absolute Gasteiger partial charge is 0.323 e. The number of rotatable bonds is 6. The molecule has 4 rings (SSSR count). The number of sulfonamides is 1. The van der Waals surface area contributed by atoms with Gasteiger partial charge in [0, 0.05) is 36.6 Å². The lowest BCUT2D eigenvalue weighted by Gasteiger charge is -2.15. The predicted octanol–water partition coefficient (Wildman–Crippen LogP) is 3.31. The van der Waals surface area contributed by atoms with Gasteiger partial charge in [0.15, 0.2) is 0 Å². The van der Waals surface area contributed by atoms with E-state index in [4.69, 9.17) is 0 Å². The molecule has 0 radical (unpaired) electrons. The summed E-state index contributed by atoms with van der Waals surface area (Å²) < 4.78 is 28.3. The Balaban J connectivity index is 1.38. The summed E-state index contributed by atoms with van der Waals surface area (Å²) in [4.78, 5) is 12.4. The molecule has 2 aromatic carbocycles. The van der Waals surface area contributed by atoms with Crippen molar-refractivity contribution in [2.75, 3.05) is 18.4 Å². The van der Waals surface area contributed by atoms with Crippen molar-refractivity contribution < 1.29 is 13.2 Å². The third kappa shape index (κ3) is 4.50. The van der Waals surface area contributed by atoms with E-state index in [1.807, 2.05) is 36.5 Å². The molecule has 1 saturated heterocycles. The standard InChI is InChI=1S/C22H22N4O3S/c27-22(13-8-18-16-23-26(17-18)20-6-2-1-3-7-20)24-19-9-11-21(12-10-19)30(28,29)25-14-4-5-15-25/h1-3,6-13,16-17H,4-5,14-15H2,(H,24,27)/b13-8+. The lowest BCUT2D eigenvalue weighted by molar-refractivity contribution is -0.111. The SMILES string of the molecule is O=C(/C=C/c1cnn(-c2ccccc2)c1)Nc1ccc(S(=O)(=O)N2CCCC2)cc1. The minimum Gasteiger partial charge on any atom is -0.323 e. The first-order chi connectivity index (χ1) is 14.5. The lowest BCUT2D eigenvalue weighted by Crippen LogP contribution is -2.27. The number of carbonyl (C=O) groups is 1. The average Bonchev–Trinajstić information content (AvgIpc) is 3.46. The number of carbonyl (C=O) groups excluding carboxylic acids is 1. The van der Waals surface area contributed by atoms with Crippen molar-refractivity contribution in [1.82, 2.24) is 14.1 Å². The Morgan fingerprint density at radius 3 is 2.40 bits per heavy atom. The molecule has 2 heterocycles. The fourth-order valence-electron chi connectivity index (χ4n) is 3.29. The van der Waals surface area contributed by atoms with Gasteiger partial charge in [0.2, 0.25) is 15.9 Å². The zero-order valence-corrected chi connectivity index (χ0v) is 17.1. The molecule has 1 aliphatic rings. The van der Waals surface area contributed by atoms with Crippen LogP contribution in [0.2, 0.25) is 0 Å². The van der Waals surface area contributed by atoms with Crippen molar-refractivity contribution in [3.63, 3.8) is 0 Å². The number of amides is 1. The van der Waals surface area contributed by atoms with Crippen molar-refractivity contribution in [3.8, 4) is 5.69 Å². The molecule has 30 heavy (non-hydrogen) atoms. The highest BCUT2D eigenvalue weighted by Crippen LogP contribution is 2.22. The zero-order valence-electron chi connectivity index (χ0n) is 16.3. The number of aromatic nitrogens is 2. The summed E-state index contributed by atoms with van der Waals surface area (Å²) in [6.45, 7) is 1.12. The second-order valence-electron chi connectivity index (χ2n) is 7.01. The van der Waals surface area contributed by atoms with Crippen LogP contribution in [0.4, 0.5) is 5.69 Å². The minimum absolute atomic E-state index is 0.242. The maximum Gasteiger partial charge on any atom is 0.248 e. The number of para-hydroxylation sites is 1. The third-order valence-electron chi connectivity index (χ3n) is 4.88. The Kier molecular flexibility index (Phi) is 5.78. The minimum atomic E-state index is -3.45. The van der Waals surface area contributed by atoms with Gasteiger partial charge in [-0.2, -0.15) is 9.40 Å². The normalized spacial score (nSPS) is 14.9. The van der Waals surface area contributed by atoms with Gasteiger partial charge in [-0.3, -0.25) is 4.79 Å². The number of nitrogens with zero attached hydrogens (tertiary/aromatic N) is 3. The van der Waals surface area contributed by atoms with Crippen molar-refractivity contribution in [3.05, 3.63) is 78.6 Å². The first-order valence-electron chi connectivity index (χ1n) is 9.72. The van der Waals surface area contributed by atoms with E-state index in [1.165, 1.54) is 22.5 Å². The first kappa shape index (κ1) is 20.1. The van der Waals surface area contributed by atoms with E-state index in [2.05, 4.69) is 10.4 Å². The molecule has 8 heteroatoms. The van der Waals surface area contributed by atoms with Gasteiger partial charge in [-0.15, -0.1) is 0 Å². The molecule has 0 saturated carbocycles. The molecule has 0 atom stereocenters. The van der Waals surface area contributed by atoms with Gasteiger partial charge >= 0.3 is 0 Å². The molecule has 7 nitrogen and oxygen atoms in total. The summed E-state index contributed by atoms with van der Waals surface area (Å²) in [6.07, 6.45) is 8.38. The van der Waals surface area contributed by atoms with E-state index in [-0.39, 0.29) is 10.8 Å². The second-order valence-corrected chi connectivity index (χ2v) is 8.95. The van der Waals surface area contributed by atoms with Gasteiger partial charge in [-0.25, -0.2) is 13.1 Å². The molecule has 3 aromatic rings. The molecule has 1 N–H and O–H groups in total. The molecule has 0 spiro atoms. The van der Waals surface area contributed by atoms with Crippen LogP contribution in [0, 0.1) is 0 Å². The van der Waals surface area contributed by atoms with Crippen molar-refractivity contribution in [2.45, 2.75) is 17.7 Å². The Labute approximate surface area is 175 Å². The highest BCUT2D eigenvalue weighted by atomic mass is 32.2. The van der Waals surface area contributed by atoms with Crippen molar-refractivity contribution in [1.29, 1.82) is 0 Å². The van der Waals surface area contributed by atoms with Crippen LogP contribution in [-0.4, -0.2) is 41.5 Å². The molecule has 1 aliphatic heterocycles. The summed E-state index contributed by atoms with van der Waals surface area (Å²) in [5.74, 6) is -0.308. The summed E-state index contributed by atoms with van der Waals surface area (Å²) in [5, 5.41) is 7.02. The predicted molar refractivity (Wildman–Crippen MR) is 116 cm³/mol. The average molecular weight is 423 g/mol. The van der Waals surface area contributed by atoms with E-state index in [0.717, 1.165) is 24.1 Å². The lowest BCUT2D eigenvalue weighted by atomic mass is 10.3. The molecule has 0 aliphatic carbocycles. The van der Waals surface area contributed by atoms with E-state index in [1.54, 1.807) is 29.1 Å². The third-order valence-corrected chi connectivity index (χ3v) is 6.79. The van der Waals surface area contributed by atoms with Gasteiger partial charge in [0.25, 0.3) is 0 Å². The van der Waals surface area contributed by atoms with Crippen LogP contribution in [0.1, 0.15) is 18.4 Å². The Hall–Kier alpha value is -3.23. The maximum absolute atomic E-state index is 12.6. The maximum atomic E-state index is 12.6. The summed E-state index contributed by atoms with van der Waals surface area (Å²) in [6, 6.07) is 15.9. The molecule has 1 aromatic heterocycles. The molecule has 1 amide bonds. The smallest absolute Gasteiger partial charge is 0.248 e. The Morgan fingerprint density at radius 1 is 1.00 bits per heavy atom. The fraction of sp³-hybridized carbons (Fsp3) is 0.182. The van der Waals surface area contributed by atoms with E-state index < -0.39 is 10.0 Å². The summed E-state index contributed by atoms with van der Waals surface area (Å²) >= 11 is 0. The Bertz CT molecular complexity index is 1150. The molecule has 154 valence electrons. The molecular formula is C22H22N4O3S. The van der Waals surface area contributed by atoms with Crippen LogP contribution in [0.25, 0.3) is 11.8 Å². The molecule has 1 fully saturated rings. The Morgan fingerprint density at radius 2 is 1.70 bits per heavy atom. The van der Waals surface area contributed by atoms with Gasteiger partial charge < -0.3 is 5.32 Å². The van der Waals surface area contributed by atoms with Crippen LogP contribution < -0.4 is 5.32 Å². The highest BCUT2D eigenvalue weighted by Gasteiger charge is 2.26. The van der Waals surface area contributed by atoms with Crippen LogP contribution in [0.5, 0.6) is 0 Å². The van der Waals surface area contributed by atoms with Crippen LogP contribution in [0.3, 0.4) is 0 Å². The van der Waals surface area contributed by atoms with Crippen LogP contribution in [-0.2, 0) is 14.8 Å². The number of anilines is 1. The summed E-state index contributed by atoms with van der Waals surface area (Å²) in [5.41, 5.74) is 2.26. The number of benzene rings is 2. The van der Waals surface area contributed by atoms with Crippen molar-refractivity contribution >= 4 is 27.7 Å². The number of nitrogens with one attached hydrogen (secondary N) is 1. The van der Waals surface area contributed by atoms with Crippen LogP contribution >= 0.6 is 0 Å². The van der Waals surface area contributed by atoms with Gasteiger partial charge in [-0.1, -0.05) is 18.2 Å². The molecule has 0 unspecified atom stereocenters. The van der Waals surface area contributed by atoms with E-state index >= 15 is 0 Å². The zero-order chi connectivity index (χ0) is 21.0. The number of hydrogen-bond donors (Lipinski definition) is 1. The monoisotopic (exact) mass is 422 g/mol. The van der Waals surface area contributed by atoms with Gasteiger partial charge in [-0.05, 0) is 55.3 Å². The second kappa shape index (κ2) is 8.64. The molecular weight excluding hydrogens is 400 g/mol. The topological polar surface area (TPSA) is 84.3 Å². The molecule has 0 bridgehead atoms. The van der Waals surface area contributed by atoms with Gasteiger partial charge in [0.1, 0.15) is 0 Å².